The Hall–Kier alpha value is -2.41. The number of hydrogen-bond donors (Lipinski definition) is 1. The SMILES string of the molecule is Cc1ccc(N2CCN(C(=O)Nc3cc(C(F)(F)F)ccc3Cl)CC2)cc1. The average Bonchev–Trinajstić information content (AvgIpc) is 2.63. The number of urea groups is 1. The van der Waals surface area contributed by atoms with Crippen LogP contribution in [0.25, 0.3) is 0 Å². The number of nitrogens with one attached hydrogen (secondary N) is 1. The minimum Gasteiger partial charge on any atom is -0.368 e. The second-order valence-electron chi connectivity index (χ2n) is 6.43. The Morgan fingerprint density at radius 2 is 1.67 bits per heavy atom. The number of amides is 2. The zero-order chi connectivity index (χ0) is 19.6. The van der Waals surface area contributed by atoms with E-state index in [9.17, 15) is 18.0 Å². The van der Waals surface area contributed by atoms with Gasteiger partial charge in [-0.3, -0.25) is 0 Å². The Balaban J connectivity index is 1.62. The van der Waals surface area contributed by atoms with Crippen LogP contribution in [0.2, 0.25) is 5.02 Å². The summed E-state index contributed by atoms with van der Waals surface area (Å²) in [5.41, 5.74) is 1.36. The van der Waals surface area contributed by atoms with Crippen molar-refractivity contribution in [3.8, 4) is 0 Å². The van der Waals surface area contributed by atoms with Crippen LogP contribution in [-0.4, -0.2) is 37.1 Å². The molecule has 0 atom stereocenters. The maximum absolute atomic E-state index is 12.8. The first-order valence-corrected chi connectivity index (χ1v) is 8.86. The number of aryl methyl sites for hydroxylation is 1. The molecule has 2 amide bonds. The molecule has 1 heterocycles. The molecule has 2 aromatic rings. The minimum absolute atomic E-state index is 0.0440. The maximum Gasteiger partial charge on any atom is 0.416 e. The lowest BCUT2D eigenvalue weighted by molar-refractivity contribution is -0.137. The number of halogens is 4. The van der Waals surface area contributed by atoms with E-state index in [2.05, 4.69) is 10.2 Å². The van der Waals surface area contributed by atoms with Crippen LogP contribution in [0, 0.1) is 6.92 Å². The van der Waals surface area contributed by atoms with E-state index in [0.717, 1.165) is 23.9 Å². The molecule has 0 aromatic heterocycles. The molecule has 144 valence electrons. The first kappa shape index (κ1) is 19.4. The van der Waals surface area contributed by atoms with Gasteiger partial charge in [0.1, 0.15) is 0 Å². The predicted molar refractivity (Wildman–Crippen MR) is 100 cm³/mol. The van der Waals surface area contributed by atoms with Crippen LogP contribution in [0.5, 0.6) is 0 Å². The van der Waals surface area contributed by atoms with E-state index in [1.807, 2.05) is 31.2 Å². The molecule has 3 rings (SSSR count). The van der Waals surface area contributed by atoms with E-state index in [0.29, 0.717) is 26.2 Å². The van der Waals surface area contributed by atoms with Crippen molar-refractivity contribution >= 4 is 29.0 Å². The molecule has 0 bridgehead atoms. The van der Waals surface area contributed by atoms with Crippen molar-refractivity contribution in [2.24, 2.45) is 0 Å². The maximum atomic E-state index is 12.8. The highest BCUT2D eigenvalue weighted by Gasteiger charge is 2.31. The van der Waals surface area contributed by atoms with Crippen LogP contribution in [0.4, 0.5) is 29.3 Å². The van der Waals surface area contributed by atoms with Crippen molar-refractivity contribution in [3.63, 3.8) is 0 Å². The number of nitrogens with zero attached hydrogens (tertiary/aromatic N) is 2. The lowest BCUT2D eigenvalue weighted by Crippen LogP contribution is -2.50. The third-order valence-electron chi connectivity index (χ3n) is 4.50. The van der Waals surface area contributed by atoms with Crippen molar-refractivity contribution in [2.75, 3.05) is 36.4 Å². The molecule has 1 aliphatic rings. The predicted octanol–water partition coefficient (Wildman–Crippen LogP) is 5.02. The van der Waals surface area contributed by atoms with Gasteiger partial charge in [0.2, 0.25) is 0 Å². The molecular formula is C19H19ClF3N3O. The van der Waals surface area contributed by atoms with Crippen molar-refractivity contribution in [2.45, 2.75) is 13.1 Å². The highest BCUT2D eigenvalue weighted by Crippen LogP contribution is 2.34. The Morgan fingerprint density at radius 3 is 2.26 bits per heavy atom. The van der Waals surface area contributed by atoms with Crippen LogP contribution < -0.4 is 10.2 Å². The highest BCUT2D eigenvalue weighted by atomic mass is 35.5. The van der Waals surface area contributed by atoms with Gasteiger partial charge >= 0.3 is 12.2 Å². The molecule has 0 radical (unpaired) electrons. The molecule has 1 N–H and O–H groups in total. The lowest BCUT2D eigenvalue weighted by Gasteiger charge is -2.36. The van der Waals surface area contributed by atoms with Gasteiger partial charge in [0.05, 0.1) is 16.3 Å². The van der Waals surface area contributed by atoms with E-state index >= 15 is 0 Å². The van der Waals surface area contributed by atoms with Gasteiger partial charge in [-0.1, -0.05) is 29.3 Å². The van der Waals surface area contributed by atoms with E-state index in [-0.39, 0.29) is 10.7 Å². The van der Waals surface area contributed by atoms with Gasteiger partial charge in [0, 0.05) is 31.9 Å². The molecule has 0 spiro atoms. The number of hydrogen-bond acceptors (Lipinski definition) is 2. The van der Waals surface area contributed by atoms with Crippen LogP contribution in [0.15, 0.2) is 42.5 Å². The van der Waals surface area contributed by atoms with E-state index in [1.165, 1.54) is 5.56 Å². The average molecular weight is 398 g/mol. The summed E-state index contributed by atoms with van der Waals surface area (Å²) in [4.78, 5) is 16.2. The summed E-state index contributed by atoms with van der Waals surface area (Å²) in [6, 6.07) is 10.5. The zero-order valence-electron chi connectivity index (χ0n) is 14.7. The molecule has 4 nitrogen and oxygen atoms in total. The largest absolute Gasteiger partial charge is 0.416 e. The molecule has 0 saturated carbocycles. The summed E-state index contributed by atoms with van der Waals surface area (Å²) in [6.45, 7) is 4.25. The number of piperazine rings is 1. The number of anilines is 2. The van der Waals surface area contributed by atoms with Gasteiger partial charge in [0.15, 0.2) is 0 Å². The van der Waals surface area contributed by atoms with E-state index < -0.39 is 17.8 Å². The minimum atomic E-state index is -4.50. The summed E-state index contributed by atoms with van der Waals surface area (Å²) in [7, 11) is 0. The zero-order valence-corrected chi connectivity index (χ0v) is 15.4. The summed E-state index contributed by atoms with van der Waals surface area (Å²) in [5, 5.41) is 2.56. The molecule has 1 aliphatic heterocycles. The quantitative estimate of drug-likeness (QED) is 0.772. The first-order chi connectivity index (χ1) is 12.7. The molecule has 27 heavy (non-hydrogen) atoms. The van der Waals surface area contributed by atoms with Crippen molar-refractivity contribution in [1.29, 1.82) is 0 Å². The van der Waals surface area contributed by atoms with Crippen LogP contribution in [0.3, 0.4) is 0 Å². The van der Waals surface area contributed by atoms with Crippen molar-refractivity contribution < 1.29 is 18.0 Å². The van der Waals surface area contributed by atoms with Gasteiger partial charge in [-0.2, -0.15) is 13.2 Å². The van der Waals surface area contributed by atoms with Gasteiger partial charge in [-0.15, -0.1) is 0 Å². The standard InChI is InChI=1S/C19H19ClF3N3O/c1-13-2-5-15(6-3-13)25-8-10-26(11-9-25)18(27)24-17-12-14(19(21,22)23)4-7-16(17)20/h2-7,12H,8-11H2,1H3,(H,24,27). The van der Waals surface area contributed by atoms with Crippen LogP contribution in [0.1, 0.15) is 11.1 Å². The molecular weight excluding hydrogens is 379 g/mol. The number of benzene rings is 2. The number of carbonyl (C=O) groups excluding carboxylic acids is 1. The lowest BCUT2D eigenvalue weighted by atomic mass is 10.2. The first-order valence-electron chi connectivity index (χ1n) is 8.48. The molecule has 0 unspecified atom stereocenters. The Morgan fingerprint density at radius 1 is 1.04 bits per heavy atom. The second-order valence-corrected chi connectivity index (χ2v) is 6.84. The Kier molecular flexibility index (Phi) is 5.51. The molecule has 0 aliphatic carbocycles. The smallest absolute Gasteiger partial charge is 0.368 e. The van der Waals surface area contributed by atoms with Crippen LogP contribution in [-0.2, 0) is 6.18 Å². The summed E-state index contributed by atoms with van der Waals surface area (Å²) in [6.07, 6.45) is -4.50. The second kappa shape index (κ2) is 7.68. The van der Waals surface area contributed by atoms with Gasteiger partial charge < -0.3 is 15.1 Å². The molecule has 2 aromatic carbocycles. The monoisotopic (exact) mass is 397 g/mol. The fourth-order valence-electron chi connectivity index (χ4n) is 2.91. The van der Waals surface area contributed by atoms with E-state index in [4.69, 9.17) is 11.6 Å². The number of carbonyl (C=O) groups is 1. The third-order valence-corrected chi connectivity index (χ3v) is 4.83. The third kappa shape index (κ3) is 4.66. The Labute approximate surface area is 160 Å². The fourth-order valence-corrected chi connectivity index (χ4v) is 3.08. The molecule has 1 saturated heterocycles. The topological polar surface area (TPSA) is 35.6 Å². The number of alkyl halides is 3. The summed E-state index contributed by atoms with van der Waals surface area (Å²) < 4.78 is 38.5. The molecule has 1 fully saturated rings. The van der Waals surface area contributed by atoms with Crippen LogP contribution >= 0.6 is 11.6 Å². The Bertz CT molecular complexity index is 816. The van der Waals surface area contributed by atoms with Gasteiger partial charge in [-0.05, 0) is 37.3 Å². The fraction of sp³-hybridized carbons (Fsp3) is 0.316. The van der Waals surface area contributed by atoms with Gasteiger partial charge in [-0.25, -0.2) is 4.79 Å². The summed E-state index contributed by atoms with van der Waals surface area (Å²) in [5.74, 6) is 0. The number of rotatable bonds is 2. The van der Waals surface area contributed by atoms with Crippen molar-refractivity contribution in [3.05, 3.63) is 58.6 Å². The van der Waals surface area contributed by atoms with Gasteiger partial charge in [0.25, 0.3) is 0 Å². The summed E-state index contributed by atoms with van der Waals surface area (Å²) >= 11 is 5.94. The molecule has 8 heteroatoms. The highest BCUT2D eigenvalue weighted by molar-refractivity contribution is 6.33. The van der Waals surface area contributed by atoms with E-state index in [1.54, 1.807) is 4.90 Å². The van der Waals surface area contributed by atoms with Crippen molar-refractivity contribution in [1.82, 2.24) is 4.90 Å². The normalized spacial score (nSPS) is 15.0.